The third kappa shape index (κ3) is 11.5. The van der Waals surface area contributed by atoms with Crippen LogP contribution < -0.4 is 36.4 Å². The van der Waals surface area contributed by atoms with Crippen LogP contribution in [0, 0.1) is 23.3 Å². The average Bonchev–Trinajstić information content (AvgIpc) is 3.38. The van der Waals surface area contributed by atoms with Gasteiger partial charge in [-0.3, -0.25) is 4.79 Å². The fraction of sp³-hybridized carbons (Fsp3) is 0.192. The molecule has 9 rings (SSSR count). The molecule has 0 bridgehead atoms. The van der Waals surface area contributed by atoms with Crippen LogP contribution in [0.3, 0.4) is 0 Å². The van der Waals surface area contributed by atoms with Gasteiger partial charge in [-0.25, -0.2) is 51.7 Å². The summed E-state index contributed by atoms with van der Waals surface area (Å²) >= 11 is 0. The number of aromatic nitrogens is 4. The number of likely N-dealkylation sites (N-methyl/N-ethyl adjacent to an activating group) is 2. The van der Waals surface area contributed by atoms with E-state index in [1.807, 2.05) is 56.2 Å². The lowest BCUT2D eigenvalue weighted by molar-refractivity contribution is 0.0696. The largest absolute Gasteiger partial charge is 0.478 e. The fourth-order valence-corrected chi connectivity index (χ4v) is 7.89. The Morgan fingerprint density at radius 2 is 1.00 bits per heavy atom. The number of carboxylic acid groups (broad SMARTS) is 1. The topological polar surface area (TPSA) is 213 Å². The molecule has 0 saturated heterocycles. The van der Waals surface area contributed by atoms with Crippen molar-refractivity contribution in [1.82, 2.24) is 40.4 Å². The van der Waals surface area contributed by atoms with Gasteiger partial charge < -0.3 is 41.5 Å². The lowest BCUT2D eigenvalue weighted by Gasteiger charge is -2.30. The smallest absolute Gasteiger partial charge is 0.335 e. The van der Waals surface area contributed by atoms with Gasteiger partial charge in [-0.15, -0.1) is 0 Å². The highest BCUT2D eigenvalue weighted by atomic mass is 19.1. The van der Waals surface area contributed by atoms with E-state index in [9.17, 15) is 41.8 Å². The molecule has 0 unspecified atom stereocenters. The summed E-state index contributed by atoms with van der Waals surface area (Å²) in [4.78, 5) is 74.1. The Kier molecular flexibility index (Phi) is 15.7. The molecule has 7 aromatic rings. The monoisotopic (exact) mass is 1010 g/mol. The number of carboxylic acids is 1. The number of benzene rings is 5. The van der Waals surface area contributed by atoms with Crippen LogP contribution >= 0.6 is 0 Å². The highest BCUT2D eigenvalue weighted by Gasteiger charge is 2.36. The zero-order chi connectivity index (χ0) is 52.6. The van der Waals surface area contributed by atoms with Crippen LogP contribution in [0.4, 0.5) is 67.7 Å². The molecule has 2 aromatic heterocycles. The zero-order valence-electron chi connectivity index (χ0n) is 40.4. The predicted molar refractivity (Wildman–Crippen MR) is 272 cm³/mol. The fourth-order valence-electron chi connectivity index (χ4n) is 7.89. The van der Waals surface area contributed by atoms with E-state index in [-0.39, 0.29) is 48.1 Å². The van der Waals surface area contributed by atoms with E-state index in [1.54, 1.807) is 48.5 Å². The maximum absolute atomic E-state index is 14.9. The van der Waals surface area contributed by atoms with Crippen molar-refractivity contribution in [2.75, 3.05) is 80.1 Å². The third-order valence-electron chi connectivity index (χ3n) is 11.5. The van der Waals surface area contributed by atoms with Crippen molar-refractivity contribution in [3.05, 3.63) is 161 Å². The van der Waals surface area contributed by atoms with E-state index in [0.29, 0.717) is 71.1 Å². The SMILES string of the molecule is CN(C)CCNc1nc(-c2cccc(C(=O)Nc3ccccc3)c2)c2c(n1)N(c1c(F)cccc1F)C(=O)NC2.CN(C)CCNc1nc(-c2cccc(C(=O)O)c2)c2c(n1)N(c1c(F)cccc1F)C(=O)NC2. The van der Waals surface area contributed by atoms with Crippen LogP contribution in [-0.4, -0.2) is 113 Å². The Balaban J connectivity index is 0.000000200. The first-order valence-corrected chi connectivity index (χ1v) is 23.0. The first-order chi connectivity index (χ1) is 35.6. The zero-order valence-corrected chi connectivity index (χ0v) is 40.4. The standard InChI is InChI=1S/C29H27F2N7O2.C23H22F2N6O3/c1-37(2)15-14-32-28-35-24(18-8-6-9-19(16-18)27(39)34-20-10-4-3-5-11-20)21-17-33-29(40)38(26(21)36-28)25-22(30)12-7-13-23(25)31;1-30(2)10-9-26-22-28-18(13-5-3-6-14(11-13)21(32)33)15-12-27-23(34)31(20(15)29-22)19-16(24)7-4-8-17(19)25/h3-13,16H,14-15,17H2,1-2H3,(H,33,40)(H,34,39)(H,32,35,36);3-8,11H,9-10,12H2,1-2H3,(H,27,34)(H,32,33)(H,26,28,29). The second-order valence-corrected chi connectivity index (χ2v) is 17.3. The van der Waals surface area contributed by atoms with Crippen molar-refractivity contribution in [1.29, 1.82) is 0 Å². The average molecular weight is 1010 g/mol. The molecular weight excluding hydrogens is 963 g/mol. The van der Waals surface area contributed by atoms with Crippen molar-refractivity contribution >= 4 is 64.5 Å². The van der Waals surface area contributed by atoms with Crippen molar-refractivity contribution in [3.8, 4) is 22.5 Å². The van der Waals surface area contributed by atoms with Gasteiger partial charge in [-0.05, 0) is 88.9 Å². The minimum Gasteiger partial charge on any atom is -0.478 e. The van der Waals surface area contributed by atoms with E-state index in [1.165, 1.54) is 24.3 Å². The van der Waals surface area contributed by atoms with Crippen LogP contribution in [0.25, 0.3) is 22.5 Å². The molecular formula is C52H49F4N13O5. The van der Waals surface area contributed by atoms with E-state index in [2.05, 4.69) is 41.5 Å². The Labute approximate surface area is 422 Å². The van der Waals surface area contributed by atoms with Gasteiger partial charge in [0.25, 0.3) is 5.91 Å². The number of amides is 5. The second kappa shape index (κ2) is 22.6. The number of nitrogens with one attached hydrogen (secondary N) is 5. The number of fused-ring (bicyclic) bond motifs is 2. The number of hydrogen-bond donors (Lipinski definition) is 6. The highest BCUT2D eigenvalue weighted by Crippen LogP contribution is 2.40. The number of nitrogens with zero attached hydrogens (tertiary/aromatic N) is 8. The molecule has 2 aliphatic heterocycles. The molecule has 5 aromatic carbocycles. The number of urea groups is 2. The maximum atomic E-state index is 14.9. The summed E-state index contributed by atoms with van der Waals surface area (Å²) in [7, 11) is 7.62. The molecule has 74 heavy (non-hydrogen) atoms. The Morgan fingerprint density at radius 1 is 0.581 bits per heavy atom. The lowest BCUT2D eigenvalue weighted by Crippen LogP contribution is -2.43. The second-order valence-electron chi connectivity index (χ2n) is 17.3. The number of anilines is 7. The van der Waals surface area contributed by atoms with Gasteiger partial charge in [0.2, 0.25) is 11.9 Å². The van der Waals surface area contributed by atoms with E-state index >= 15 is 0 Å². The normalized spacial score (nSPS) is 12.8. The molecule has 0 fully saturated rings. The first-order valence-electron chi connectivity index (χ1n) is 23.0. The molecule has 0 atom stereocenters. The number of hydrogen-bond acceptors (Lipinski definition) is 12. The third-order valence-corrected chi connectivity index (χ3v) is 11.5. The number of para-hydroxylation sites is 3. The van der Waals surface area contributed by atoms with Gasteiger partial charge in [0, 0.05) is 59.7 Å². The summed E-state index contributed by atoms with van der Waals surface area (Å²) in [6.45, 7) is 2.26. The van der Waals surface area contributed by atoms with E-state index < -0.39 is 52.7 Å². The summed E-state index contributed by atoms with van der Waals surface area (Å²) in [5.41, 5.74) is 2.58. The molecule has 0 radical (unpaired) electrons. The van der Waals surface area contributed by atoms with Gasteiger partial charge in [0.15, 0.2) is 11.6 Å². The van der Waals surface area contributed by atoms with Gasteiger partial charge in [-0.2, -0.15) is 9.97 Å². The molecule has 0 aliphatic carbocycles. The van der Waals surface area contributed by atoms with Crippen molar-refractivity contribution in [2.24, 2.45) is 0 Å². The molecule has 2 aliphatic rings. The molecule has 6 N–H and O–H groups in total. The summed E-state index contributed by atoms with van der Waals surface area (Å²) < 4.78 is 59.1. The number of aromatic carboxylic acids is 1. The summed E-state index contributed by atoms with van der Waals surface area (Å²) in [5, 5.41) is 23.7. The number of halogens is 4. The summed E-state index contributed by atoms with van der Waals surface area (Å²) in [5.74, 6) is -4.76. The number of carbonyl (C=O) groups excluding carboxylic acids is 3. The summed E-state index contributed by atoms with van der Waals surface area (Å²) in [6.07, 6.45) is 0. The summed E-state index contributed by atoms with van der Waals surface area (Å²) in [6, 6.07) is 27.2. The van der Waals surface area contributed by atoms with Crippen LogP contribution in [0.2, 0.25) is 0 Å². The molecule has 22 heteroatoms. The minimum absolute atomic E-state index is 0.00540. The highest BCUT2D eigenvalue weighted by molar-refractivity contribution is 6.06. The number of rotatable bonds is 15. The van der Waals surface area contributed by atoms with Crippen LogP contribution in [0.5, 0.6) is 0 Å². The molecule has 380 valence electrons. The van der Waals surface area contributed by atoms with Crippen LogP contribution in [-0.2, 0) is 13.1 Å². The van der Waals surface area contributed by atoms with Crippen molar-refractivity contribution < 1.29 is 41.8 Å². The Bertz CT molecular complexity index is 3220. The van der Waals surface area contributed by atoms with Crippen LogP contribution in [0.1, 0.15) is 31.8 Å². The van der Waals surface area contributed by atoms with Gasteiger partial charge >= 0.3 is 18.0 Å². The van der Waals surface area contributed by atoms with Gasteiger partial charge in [0.1, 0.15) is 34.6 Å². The lowest BCUT2D eigenvalue weighted by atomic mass is 10.0. The Morgan fingerprint density at radius 3 is 1.43 bits per heavy atom. The van der Waals surface area contributed by atoms with Crippen molar-refractivity contribution in [2.45, 2.75) is 13.1 Å². The maximum Gasteiger partial charge on any atom is 0.335 e. The molecule has 5 amide bonds. The molecule has 18 nitrogen and oxygen atoms in total. The molecule has 0 saturated carbocycles. The van der Waals surface area contributed by atoms with Gasteiger partial charge in [-0.1, -0.05) is 54.6 Å². The molecule has 4 heterocycles. The van der Waals surface area contributed by atoms with Gasteiger partial charge in [0.05, 0.1) is 30.0 Å². The first kappa shape index (κ1) is 51.3. The Hall–Kier alpha value is -9.02. The minimum atomic E-state index is -1.11. The van der Waals surface area contributed by atoms with E-state index in [4.69, 9.17) is 4.98 Å². The van der Waals surface area contributed by atoms with Crippen LogP contribution in [0.15, 0.2) is 115 Å². The quantitative estimate of drug-likeness (QED) is 0.0533. The number of carbonyl (C=O) groups is 4. The van der Waals surface area contributed by atoms with E-state index in [0.717, 1.165) is 34.1 Å². The predicted octanol–water partition coefficient (Wildman–Crippen LogP) is 8.46. The molecule has 0 spiro atoms. The van der Waals surface area contributed by atoms with Crippen molar-refractivity contribution in [3.63, 3.8) is 0 Å².